The van der Waals surface area contributed by atoms with E-state index in [9.17, 15) is 9.59 Å². The minimum absolute atomic E-state index is 0.0409. The van der Waals surface area contributed by atoms with Crippen LogP contribution < -0.4 is 0 Å². The van der Waals surface area contributed by atoms with Crippen LogP contribution in [0, 0.1) is 0 Å². The largest absolute Gasteiger partial charge is 0.378 e. The molecule has 0 aromatic carbocycles. The summed E-state index contributed by atoms with van der Waals surface area (Å²) in [4.78, 5) is 28.5. The predicted molar refractivity (Wildman–Crippen MR) is 96.6 cm³/mol. The number of nitrogens with zero attached hydrogens (tertiary/aromatic N) is 3. The molecule has 0 N–H and O–H groups in total. The smallest absolute Gasteiger partial charge is 0.222 e. The minimum atomic E-state index is -0.0510. The minimum Gasteiger partial charge on any atom is -0.378 e. The van der Waals surface area contributed by atoms with E-state index in [1.54, 1.807) is 26.0 Å². The molecule has 0 aromatic heterocycles. The molecule has 2 amide bonds. The molecule has 0 aliphatic heterocycles. The van der Waals surface area contributed by atoms with Gasteiger partial charge in [-0.05, 0) is 14.1 Å². The fourth-order valence-corrected chi connectivity index (χ4v) is 1.74. The van der Waals surface area contributed by atoms with Crippen LogP contribution in [0.1, 0.15) is 12.8 Å². The third-order valence-electron chi connectivity index (χ3n) is 3.48. The van der Waals surface area contributed by atoms with Gasteiger partial charge in [0, 0.05) is 47.1 Å². The Kier molecular flexibility index (Phi) is 14.3. The molecule has 0 fully saturated rings. The lowest BCUT2D eigenvalue weighted by Crippen LogP contribution is -2.31. The highest BCUT2D eigenvalue weighted by molar-refractivity contribution is 5.83. The van der Waals surface area contributed by atoms with Crippen molar-refractivity contribution in [3.63, 3.8) is 0 Å². The van der Waals surface area contributed by atoms with Crippen molar-refractivity contribution in [2.75, 3.05) is 88.0 Å². The summed E-state index contributed by atoms with van der Waals surface area (Å²) in [5.41, 5.74) is 0. The van der Waals surface area contributed by atoms with Crippen molar-refractivity contribution in [1.82, 2.24) is 14.7 Å². The fraction of sp³-hybridized carbons (Fsp3) is 0.882. The van der Waals surface area contributed by atoms with E-state index in [-0.39, 0.29) is 24.7 Å². The van der Waals surface area contributed by atoms with Crippen LogP contribution in [0.5, 0.6) is 0 Å². The molecule has 8 heteroatoms. The van der Waals surface area contributed by atoms with Crippen LogP contribution in [0.25, 0.3) is 0 Å². The van der Waals surface area contributed by atoms with E-state index in [2.05, 4.69) is 4.90 Å². The van der Waals surface area contributed by atoms with E-state index in [4.69, 9.17) is 14.2 Å². The van der Waals surface area contributed by atoms with Crippen LogP contribution in [0.4, 0.5) is 0 Å². The monoisotopic (exact) mass is 361 g/mol. The van der Waals surface area contributed by atoms with Gasteiger partial charge in [0.25, 0.3) is 0 Å². The maximum absolute atomic E-state index is 11.9. The lowest BCUT2D eigenvalue weighted by molar-refractivity contribution is -0.135. The van der Waals surface area contributed by atoms with E-state index in [1.807, 2.05) is 14.1 Å². The number of hydrogen-bond acceptors (Lipinski definition) is 6. The zero-order valence-electron chi connectivity index (χ0n) is 16.5. The lowest BCUT2D eigenvalue weighted by atomic mass is 10.2. The van der Waals surface area contributed by atoms with E-state index in [1.165, 1.54) is 4.90 Å². The van der Waals surface area contributed by atoms with Crippen molar-refractivity contribution in [2.45, 2.75) is 12.8 Å². The van der Waals surface area contributed by atoms with E-state index in [0.29, 0.717) is 46.2 Å². The highest BCUT2D eigenvalue weighted by atomic mass is 16.5. The quantitative estimate of drug-likeness (QED) is 0.380. The second-order valence-corrected chi connectivity index (χ2v) is 6.24. The Balaban J connectivity index is 3.43. The molecule has 25 heavy (non-hydrogen) atoms. The van der Waals surface area contributed by atoms with E-state index in [0.717, 1.165) is 6.54 Å². The number of amides is 2. The third kappa shape index (κ3) is 14.8. The molecule has 0 saturated carbocycles. The number of rotatable bonds is 15. The number of carbonyl (C=O) groups excluding carboxylic acids is 2. The topological polar surface area (TPSA) is 71.5 Å². The van der Waals surface area contributed by atoms with Gasteiger partial charge >= 0.3 is 0 Å². The standard InChI is InChI=1S/C17H35N3O5/c1-18(2)8-10-23-12-14-25-15-13-24-11-9-20(5)17(22)7-6-16(21)19(3)4/h6-15H2,1-5H3. The van der Waals surface area contributed by atoms with Crippen LogP contribution in [-0.2, 0) is 23.8 Å². The highest BCUT2D eigenvalue weighted by Crippen LogP contribution is 1.98. The summed E-state index contributed by atoms with van der Waals surface area (Å²) in [7, 11) is 9.09. The Bertz CT molecular complexity index is 364. The summed E-state index contributed by atoms with van der Waals surface area (Å²) in [6.45, 7) is 4.68. The summed E-state index contributed by atoms with van der Waals surface area (Å²) >= 11 is 0. The lowest BCUT2D eigenvalue weighted by Gasteiger charge is -2.17. The molecule has 0 spiro atoms. The number of hydrogen-bond donors (Lipinski definition) is 0. The van der Waals surface area contributed by atoms with Gasteiger partial charge in [0.1, 0.15) is 0 Å². The summed E-state index contributed by atoms with van der Waals surface area (Å²) in [5, 5.41) is 0. The van der Waals surface area contributed by atoms with Gasteiger partial charge in [-0.3, -0.25) is 9.59 Å². The first-order valence-corrected chi connectivity index (χ1v) is 8.66. The summed E-state index contributed by atoms with van der Waals surface area (Å²) in [6.07, 6.45) is 0.464. The molecular weight excluding hydrogens is 326 g/mol. The SMILES string of the molecule is CN(C)CCOCCOCCOCCN(C)C(=O)CCC(=O)N(C)C. The Morgan fingerprint density at radius 1 is 0.640 bits per heavy atom. The van der Waals surface area contributed by atoms with Crippen LogP contribution >= 0.6 is 0 Å². The van der Waals surface area contributed by atoms with Gasteiger partial charge in [0.05, 0.1) is 39.6 Å². The Morgan fingerprint density at radius 2 is 1.08 bits per heavy atom. The maximum Gasteiger partial charge on any atom is 0.222 e. The van der Waals surface area contributed by atoms with E-state index < -0.39 is 0 Å². The van der Waals surface area contributed by atoms with Gasteiger partial charge in [0.15, 0.2) is 0 Å². The Hall–Kier alpha value is -1.22. The van der Waals surface area contributed by atoms with Gasteiger partial charge in [-0.1, -0.05) is 0 Å². The summed E-state index contributed by atoms with van der Waals surface area (Å²) in [5.74, 6) is -0.0919. The molecule has 0 aliphatic carbocycles. The van der Waals surface area contributed by atoms with Gasteiger partial charge in [-0.15, -0.1) is 0 Å². The molecule has 0 heterocycles. The molecule has 0 bridgehead atoms. The molecule has 0 atom stereocenters. The second kappa shape index (κ2) is 15.1. The first-order valence-electron chi connectivity index (χ1n) is 8.66. The van der Waals surface area contributed by atoms with Crippen LogP contribution in [0.3, 0.4) is 0 Å². The van der Waals surface area contributed by atoms with Crippen molar-refractivity contribution in [3.8, 4) is 0 Å². The van der Waals surface area contributed by atoms with Crippen LogP contribution in [0.15, 0.2) is 0 Å². The maximum atomic E-state index is 11.9. The first kappa shape index (κ1) is 23.8. The van der Waals surface area contributed by atoms with E-state index >= 15 is 0 Å². The van der Waals surface area contributed by atoms with Crippen molar-refractivity contribution in [1.29, 1.82) is 0 Å². The number of carbonyl (C=O) groups is 2. The average molecular weight is 361 g/mol. The van der Waals surface area contributed by atoms with Gasteiger partial charge in [-0.25, -0.2) is 0 Å². The van der Waals surface area contributed by atoms with Gasteiger partial charge in [-0.2, -0.15) is 0 Å². The zero-order chi connectivity index (χ0) is 19.1. The predicted octanol–water partition coefficient (Wildman–Crippen LogP) is -0.0754. The van der Waals surface area contributed by atoms with Crippen LogP contribution in [-0.4, -0.2) is 114 Å². The number of likely N-dealkylation sites (N-methyl/N-ethyl adjacent to an activating group) is 2. The second-order valence-electron chi connectivity index (χ2n) is 6.24. The molecule has 0 aliphatic rings. The molecule has 0 rings (SSSR count). The Labute approximate surface area is 152 Å². The first-order chi connectivity index (χ1) is 11.8. The van der Waals surface area contributed by atoms with Crippen LogP contribution in [0.2, 0.25) is 0 Å². The van der Waals surface area contributed by atoms with Crippen molar-refractivity contribution >= 4 is 11.8 Å². The molecule has 0 saturated heterocycles. The number of ether oxygens (including phenoxy) is 3. The zero-order valence-corrected chi connectivity index (χ0v) is 16.5. The molecule has 8 nitrogen and oxygen atoms in total. The molecule has 0 radical (unpaired) electrons. The average Bonchev–Trinajstić information content (AvgIpc) is 2.56. The normalized spacial score (nSPS) is 11.0. The fourth-order valence-electron chi connectivity index (χ4n) is 1.74. The molecular formula is C17H35N3O5. The van der Waals surface area contributed by atoms with Crippen molar-refractivity contribution < 1.29 is 23.8 Å². The highest BCUT2D eigenvalue weighted by Gasteiger charge is 2.12. The summed E-state index contributed by atoms with van der Waals surface area (Å²) < 4.78 is 16.2. The molecule has 0 aromatic rings. The molecule has 0 unspecified atom stereocenters. The van der Waals surface area contributed by atoms with Crippen molar-refractivity contribution in [2.24, 2.45) is 0 Å². The van der Waals surface area contributed by atoms with Crippen molar-refractivity contribution in [3.05, 3.63) is 0 Å². The third-order valence-corrected chi connectivity index (χ3v) is 3.48. The molecule has 148 valence electrons. The summed E-state index contributed by atoms with van der Waals surface area (Å²) in [6, 6.07) is 0. The van der Waals surface area contributed by atoms with Gasteiger partial charge < -0.3 is 28.9 Å². The van der Waals surface area contributed by atoms with Gasteiger partial charge in [0.2, 0.25) is 11.8 Å². The Morgan fingerprint density at radius 3 is 1.56 bits per heavy atom.